The van der Waals surface area contributed by atoms with Crippen molar-refractivity contribution in [1.29, 1.82) is 0 Å². The second kappa shape index (κ2) is 23.0. The van der Waals surface area contributed by atoms with Crippen LogP contribution in [0, 0.1) is 53.4 Å². The third-order valence-electron chi connectivity index (χ3n) is 15.3. The van der Waals surface area contributed by atoms with Crippen molar-refractivity contribution in [3.8, 4) is 22.3 Å². The van der Waals surface area contributed by atoms with Crippen molar-refractivity contribution in [2.24, 2.45) is 11.8 Å². The normalized spacial score (nSPS) is 18.6. The van der Waals surface area contributed by atoms with E-state index in [1.54, 1.807) is 16.7 Å². The van der Waals surface area contributed by atoms with Gasteiger partial charge in [0.1, 0.15) is 0 Å². The molecule has 6 aromatic carbocycles. The summed E-state index contributed by atoms with van der Waals surface area (Å²) in [6.45, 7) is 18.2. The minimum absolute atomic E-state index is 0.769. The van der Waals surface area contributed by atoms with Crippen molar-refractivity contribution in [2.75, 3.05) is 0 Å². The van der Waals surface area contributed by atoms with Crippen LogP contribution in [-0.4, -0.2) is 0 Å². The molecule has 2 aliphatic carbocycles. The van der Waals surface area contributed by atoms with Gasteiger partial charge < -0.3 is 0 Å². The van der Waals surface area contributed by atoms with E-state index in [0.717, 1.165) is 23.7 Å². The average molecular weight is 849 g/mol. The van der Waals surface area contributed by atoms with Gasteiger partial charge in [0.25, 0.3) is 0 Å². The fourth-order valence-corrected chi connectivity index (χ4v) is 11.1. The number of hydrogen-bond donors (Lipinski definition) is 0. The highest BCUT2D eigenvalue weighted by Crippen LogP contribution is 2.38. The Morgan fingerprint density at radius 1 is 0.344 bits per heavy atom. The Balaban J connectivity index is 0.000000191. The van der Waals surface area contributed by atoms with Crippen LogP contribution < -0.4 is 0 Å². The van der Waals surface area contributed by atoms with Crippen LogP contribution >= 0.6 is 0 Å². The van der Waals surface area contributed by atoms with Gasteiger partial charge in [-0.25, -0.2) is 0 Å². The van der Waals surface area contributed by atoms with E-state index in [1.165, 1.54) is 175 Å². The molecule has 0 radical (unpaired) electrons. The fraction of sp³-hybridized carbons (Fsp3) is 0.438. The summed E-state index contributed by atoms with van der Waals surface area (Å²) in [7, 11) is 0. The van der Waals surface area contributed by atoms with Crippen LogP contribution in [0.4, 0.5) is 0 Å². The zero-order valence-corrected chi connectivity index (χ0v) is 41.2. The molecule has 0 heteroatoms. The van der Waals surface area contributed by atoms with E-state index in [9.17, 15) is 0 Å². The van der Waals surface area contributed by atoms with Gasteiger partial charge in [0.15, 0.2) is 0 Å². The average Bonchev–Trinajstić information content (AvgIpc) is 3.29. The van der Waals surface area contributed by atoms with Gasteiger partial charge in [-0.05, 0) is 220 Å². The highest BCUT2D eigenvalue weighted by atomic mass is 14.3. The molecule has 0 aromatic heterocycles. The summed E-state index contributed by atoms with van der Waals surface area (Å²) in [5, 5.41) is 0. The van der Waals surface area contributed by atoms with Crippen LogP contribution in [0.15, 0.2) is 121 Å². The van der Waals surface area contributed by atoms with Crippen molar-refractivity contribution in [1.82, 2.24) is 0 Å². The summed E-state index contributed by atoms with van der Waals surface area (Å²) in [4.78, 5) is 0. The van der Waals surface area contributed by atoms with E-state index in [0.29, 0.717) is 0 Å². The molecular formula is C64H80. The highest BCUT2D eigenvalue weighted by molar-refractivity contribution is 5.71. The van der Waals surface area contributed by atoms with Gasteiger partial charge in [0.2, 0.25) is 0 Å². The first-order chi connectivity index (χ1) is 31.0. The minimum Gasteiger partial charge on any atom is -0.0625 e. The highest BCUT2D eigenvalue weighted by Gasteiger charge is 2.21. The smallest absolute Gasteiger partial charge is 0.0125 e. The lowest BCUT2D eigenvalue weighted by atomic mass is 9.79. The van der Waals surface area contributed by atoms with E-state index >= 15 is 0 Å². The second-order valence-electron chi connectivity index (χ2n) is 20.7. The van der Waals surface area contributed by atoms with Crippen LogP contribution in [0.5, 0.6) is 0 Å². The third-order valence-corrected chi connectivity index (χ3v) is 15.3. The zero-order valence-electron chi connectivity index (χ0n) is 41.2. The molecule has 0 atom stereocenters. The molecule has 2 fully saturated rings. The molecule has 0 N–H and O–H groups in total. The SMILES string of the molecule is Cc1ccc(-c2c(C)cc(CCCCc3ccc(C4CCC(C)CC4)cc3)cc2C)cc1.Cc1ccc(CCCCc2c(C)cc(-c3ccc(C4CCC(C)CC4)cc3)cc2C)cc1. The zero-order chi connectivity index (χ0) is 45.0. The molecule has 0 spiro atoms. The predicted octanol–water partition coefficient (Wildman–Crippen LogP) is 18.3. The summed E-state index contributed by atoms with van der Waals surface area (Å²) in [5.41, 5.74) is 22.9. The van der Waals surface area contributed by atoms with Gasteiger partial charge in [-0.1, -0.05) is 172 Å². The lowest BCUT2D eigenvalue weighted by Crippen LogP contribution is -2.10. The molecule has 6 aromatic rings. The summed E-state index contributed by atoms with van der Waals surface area (Å²) in [6, 6.07) is 46.6. The maximum absolute atomic E-state index is 2.41. The predicted molar refractivity (Wildman–Crippen MR) is 279 cm³/mol. The Hall–Kier alpha value is -4.68. The van der Waals surface area contributed by atoms with Crippen molar-refractivity contribution < 1.29 is 0 Å². The molecule has 64 heavy (non-hydrogen) atoms. The van der Waals surface area contributed by atoms with Gasteiger partial charge in [0.05, 0.1) is 0 Å². The largest absolute Gasteiger partial charge is 0.0625 e. The molecule has 2 saturated carbocycles. The topological polar surface area (TPSA) is 0 Å². The number of unbranched alkanes of at least 4 members (excludes halogenated alkanes) is 2. The number of aryl methyl sites for hydroxylation is 9. The van der Waals surface area contributed by atoms with E-state index < -0.39 is 0 Å². The van der Waals surface area contributed by atoms with Gasteiger partial charge in [-0.15, -0.1) is 0 Å². The first kappa shape index (κ1) is 47.3. The Labute approximate surface area is 390 Å². The summed E-state index contributed by atoms with van der Waals surface area (Å²) < 4.78 is 0. The van der Waals surface area contributed by atoms with E-state index in [4.69, 9.17) is 0 Å². The molecule has 2 aliphatic rings. The van der Waals surface area contributed by atoms with Gasteiger partial charge in [0, 0.05) is 0 Å². The van der Waals surface area contributed by atoms with Crippen LogP contribution in [-0.2, 0) is 25.7 Å². The van der Waals surface area contributed by atoms with E-state index in [1.807, 2.05) is 0 Å². The Morgan fingerprint density at radius 3 is 1.19 bits per heavy atom. The maximum Gasteiger partial charge on any atom is -0.0125 e. The summed E-state index contributed by atoms with van der Waals surface area (Å²) in [5.74, 6) is 3.41. The maximum atomic E-state index is 2.41. The lowest BCUT2D eigenvalue weighted by molar-refractivity contribution is 0.348. The fourth-order valence-electron chi connectivity index (χ4n) is 11.1. The standard InChI is InChI=1S/2C32H40/c1-23-9-15-29(16-10-23)30-19-13-27(14-20-30)7-5-6-8-28-21-25(3)32(26(4)22-28)31-17-11-24(2)12-18-31;1-23-9-13-27(14-10-23)7-5-6-8-32-25(3)21-31(22-26(32)4)30-19-17-29(18-20-30)28-15-11-24(2)12-16-28/h11-14,17-23,29H,5-10,15-16H2,1-4H3;9-10,13-14,17-22,24,28H,5-8,11-12,15-16H2,1-4H3. The molecule has 0 unspecified atom stereocenters. The van der Waals surface area contributed by atoms with Crippen molar-refractivity contribution >= 4 is 0 Å². The van der Waals surface area contributed by atoms with Gasteiger partial charge in [-0.2, -0.15) is 0 Å². The molecule has 0 heterocycles. The monoisotopic (exact) mass is 849 g/mol. The summed E-state index contributed by atoms with van der Waals surface area (Å²) >= 11 is 0. The van der Waals surface area contributed by atoms with Crippen molar-refractivity contribution in [3.63, 3.8) is 0 Å². The second-order valence-corrected chi connectivity index (χ2v) is 20.7. The molecule has 0 aliphatic heterocycles. The van der Waals surface area contributed by atoms with E-state index in [2.05, 4.69) is 177 Å². The minimum atomic E-state index is 0.769. The molecule has 0 amide bonds. The number of benzene rings is 6. The number of rotatable bonds is 14. The van der Waals surface area contributed by atoms with Crippen LogP contribution in [0.2, 0.25) is 0 Å². The summed E-state index contributed by atoms with van der Waals surface area (Å²) in [6.07, 6.45) is 20.8. The van der Waals surface area contributed by atoms with Crippen LogP contribution in [0.1, 0.15) is 169 Å². The van der Waals surface area contributed by atoms with Crippen molar-refractivity contribution in [3.05, 3.63) is 188 Å². The molecule has 0 saturated heterocycles. The first-order valence-electron chi connectivity index (χ1n) is 25.5. The van der Waals surface area contributed by atoms with Crippen LogP contribution in [0.25, 0.3) is 22.3 Å². The molecule has 8 rings (SSSR count). The third kappa shape index (κ3) is 13.2. The van der Waals surface area contributed by atoms with E-state index in [-0.39, 0.29) is 0 Å². The molecule has 0 nitrogen and oxygen atoms in total. The van der Waals surface area contributed by atoms with Gasteiger partial charge >= 0.3 is 0 Å². The molecule has 336 valence electrons. The van der Waals surface area contributed by atoms with Crippen molar-refractivity contribution in [2.45, 2.75) is 170 Å². The number of hydrogen-bond acceptors (Lipinski definition) is 0. The Kier molecular flexibility index (Phi) is 17.0. The van der Waals surface area contributed by atoms with Gasteiger partial charge in [-0.3, -0.25) is 0 Å². The first-order valence-corrected chi connectivity index (χ1v) is 25.5. The molecular weight excluding hydrogens is 769 g/mol. The van der Waals surface area contributed by atoms with Crippen LogP contribution in [0.3, 0.4) is 0 Å². The lowest BCUT2D eigenvalue weighted by Gasteiger charge is -2.26. The molecule has 0 bridgehead atoms. The Morgan fingerprint density at radius 2 is 0.719 bits per heavy atom. The Bertz CT molecular complexity index is 2290. The quantitative estimate of drug-likeness (QED) is 0.0958.